The summed E-state index contributed by atoms with van der Waals surface area (Å²) in [4.78, 5) is 11.9. The summed E-state index contributed by atoms with van der Waals surface area (Å²) >= 11 is 0. The van der Waals surface area contributed by atoms with Crippen LogP contribution < -0.4 is 10.1 Å². The van der Waals surface area contributed by atoms with Crippen LogP contribution in [0.3, 0.4) is 0 Å². The zero-order chi connectivity index (χ0) is 19.5. The summed E-state index contributed by atoms with van der Waals surface area (Å²) in [6.07, 6.45) is 0. The summed E-state index contributed by atoms with van der Waals surface area (Å²) in [5.41, 5.74) is 0.0621. The first-order valence-corrected chi connectivity index (χ1v) is 8.95. The van der Waals surface area contributed by atoms with Gasteiger partial charge < -0.3 is 10.1 Å². The van der Waals surface area contributed by atoms with Gasteiger partial charge in [-0.3, -0.25) is 4.79 Å². The molecule has 140 valence electrons. The quantitative estimate of drug-likeness (QED) is 0.831. The van der Waals surface area contributed by atoms with Crippen LogP contribution in [0.4, 0.5) is 14.5 Å². The Kier molecular flexibility index (Phi) is 5.94. The van der Waals surface area contributed by atoms with E-state index < -0.39 is 39.8 Å². The van der Waals surface area contributed by atoms with E-state index in [4.69, 9.17) is 4.74 Å². The van der Waals surface area contributed by atoms with Gasteiger partial charge in [0.25, 0.3) is 0 Å². The molecule has 0 saturated heterocycles. The molecular weight excluding hydrogens is 366 g/mol. The molecule has 0 aliphatic rings. The van der Waals surface area contributed by atoms with Crippen molar-refractivity contribution in [3.8, 4) is 5.75 Å². The Balaban J connectivity index is 2.22. The molecule has 2 aromatic carbocycles. The number of ether oxygens (including phenoxy) is 1. The number of hydrogen-bond acceptors (Lipinski definition) is 4. The number of anilines is 1. The molecule has 0 heterocycles. The lowest BCUT2D eigenvalue weighted by atomic mass is 10.2. The first-order valence-electron chi connectivity index (χ1n) is 7.51. The predicted octanol–water partition coefficient (Wildman–Crippen LogP) is 2.54. The number of likely N-dealkylation sites (N-methyl/N-ethyl adjacent to an activating group) is 1. The highest BCUT2D eigenvalue weighted by Crippen LogP contribution is 2.27. The molecule has 0 bridgehead atoms. The molecule has 0 aromatic heterocycles. The van der Waals surface area contributed by atoms with Crippen molar-refractivity contribution < 1.29 is 26.7 Å². The molecule has 0 aliphatic carbocycles. The van der Waals surface area contributed by atoms with Crippen LogP contribution in [0.1, 0.15) is 5.56 Å². The number of methoxy groups -OCH3 is 1. The van der Waals surface area contributed by atoms with Crippen LogP contribution in [-0.4, -0.2) is 39.3 Å². The van der Waals surface area contributed by atoms with Gasteiger partial charge in [0, 0.05) is 7.05 Å². The summed E-state index contributed by atoms with van der Waals surface area (Å²) in [7, 11) is -1.53. The molecule has 0 saturated carbocycles. The standard InChI is InChI=1S/C17H18F2N2O4S/c1-11-7-8-14(25-3)15(9-11)26(23,24)21(2)10-16(22)20-17-12(18)5-4-6-13(17)19/h4-9H,10H2,1-3H3,(H,20,22). The van der Waals surface area contributed by atoms with E-state index in [1.54, 1.807) is 13.0 Å². The maximum Gasteiger partial charge on any atom is 0.246 e. The van der Waals surface area contributed by atoms with Crippen molar-refractivity contribution in [1.82, 2.24) is 4.31 Å². The molecule has 0 unspecified atom stereocenters. The van der Waals surface area contributed by atoms with E-state index in [-0.39, 0.29) is 10.6 Å². The lowest BCUT2D eigenvalue weighted by molar-refractivity contribution is -0.116. The topological polar surface area (TPSA) is 75.7 Å². The number of hydrogen-bond donors (Lipinski definition) is 1. The number of carbonyl (C=O) groups is 1. The third-order valence-electron chi connectivity index (χ3n) is 3.60. The zero-order valence-corrected chi connectivity index (χ0v) is 15.2. The molecular formula is C17H18F2N2O4S. The van der Waals surface area contributed by atoms with Crippen molar-refractivity contribution in [2.24, 2.45) is 0 Å². The Hall–Kier alpha value is -2.52. The molecule has 9 heteroatoms. The van der Waals surface area contributed by atoms with Gasteiger partial charge >= 0.3 is 0 Å². The van der Waals surface area contributed by atoms with E-state index in [1.165, 1.54) is 26.3 Å². The van der Waals surface area contributed by atoms with Crippen molar-refractivity contribution in [1.29, 1.82) is 0 Å². The van der Waals surface area contributed by atoms with Gasteiger partial charge in [-0.15, -0.1) is 0 Å². The Morgan fingerprint density at radius 3 is 2.38 bits per heavy atom. The van der Waals surface area contributed by atoms with Crippen LogP contribution in [0, 0.1) is 18.6 Å². The fourth-order valence-electron chi connectivity index (χ4n) is 2.24. The van der Waals surface area contributed by atoms with E-state index in [1.807, 2.05) is 5.32 Å². The minimum absolute atomic E-state index is 0.104. The van der Waals surface area contributed by atoms with Gasteiger partial charge in [-0.1, -0.05) is 12.1 Å². The monoisotopic (exact) mass is 384 g/mol. The molecule has 0 aliphatic heterocycles. The van der Waals surface area contributed by atoms with Gasteiger partial charge in [-0.2, -0.15) is 4.31 Å². The van der Waals surface area contributed by atoms with Crippen LogP contribution in [0.2, 0.25) is 0 Å². The van der Waals surface area contributed by atoms with Gasteiger partial charge in [0.1, 0.15) is 28.0 Å². The van der Waals surface area contributed by atoms with E-state index in [0.717, 1.165) is 22.5 Å². The number of amides is 1. The summed E-state index contributed by atoms with van der Waals surface area (Å²) in [6.45, 7) is 1.08. The highest BCUT2D eigenvalue weighted by Gasteiger charge is 2.27. The maximum atomic E-state index is 13.6. The van der Waals surface area contributed by atoms with Crippen LogP contribution >= 0.6 is 0 Å². The fourth-order valence-corrected chi connectivity index (χ4v) is 3.60. The number of rotatable bonds is 6. The molecule has 1 N–H and O–H groups in total. The summed E-state index contributed by atoms with van der Waals surface area (Å²) in [6, 6.07) is 7.73. The number of nitrogens with one attached hydrogen (secondary N) is 1. The average Bonchev–Trinajstić information content (AvgIpc) is 2.58. The maximum absolute atomic E-state index is 13.6. The summed E-state index contributed by atoms with van der Waals surface area (Å²) < 4.78 is 58.4. The third kappa shape index (κ3) is 4.17. The molecule has 0 atom stereocenters. The van der Waals surface area contributed by atoms with Gasteiger partial charge in [0.15, 0.2) is 0 Å². The van der Waals surface area contributed by atoms with Crippen molar-refractivity contribution >= 4 is 21.6 Å². The first kappa shape index (κ1) is 19.8. The largest absolute Gasteiger partial charge is 0.495 e. The smallest absolute Gasteiger partial charge is 0.246 e. The highest BCUT2D eigenvalue weighted by atomic mass is 32.2. The predicted molar refractivity (Wildman–Crippen MR) is 92.5 cm³/mol. The summed E-state index contributed by atoms with van der Waals surface area (Å²) in [5, 5.41) is 2.05. The molecule has 0 spiro atoms. The Morgan fingerprint density at radius 2 is 1.81 bits per heavy atom. The van der Waals surface area contributed by atoms with E-state index in [2.05, 4.69) is 0 Å². The van der Waals surface area contributed by atoms with Crippen LogP contribution in [-0.2, 0) is 14.8 Å². The first-order chi connectivity index (χ1) is 12.2. The van der Waals surface area contributed by atoms with Crippen molar-refractivity contribution in [3.63, 3.8) is 0 Å². The normalized spacial score (nSPS) is 11.5. The Bertz CT molecular complexity index is 912. The van der Waals surface area contributed by atoms with Crippen molar-refractivity contribution in [3.05, 3.63) is 53.6 Å². The molecule has 2 rings (SSSR count). The average molecular weight is 384 g/mol. The van der Waals surface area contributed by atoms with Gasteiger partial charge in [-0.25, -0.2) is 17.2 Å². The lowest BCUT2D eigenvalue weighted by Crippen LogP contribution is -2.35. The third-order valence-corrected chi connectivity index (χ3v) is 5.43. The lowest BCUT2D eigenvalue weighted by Gasteiger charge is -2.19. The number of para-hydroxylation sites is 1. The number of aryl methyl sites for hydroxylation is 1. The molecule has 6 nitrogen and oxygen atoms in total. The summed E-state index contributed by atoms with van der Waals surface area (Å²) in [5.74, 6) is -2.66. The van der Waals surface area contributed by atoms with Crippen LogP contribution in [0.5, 0.6) is 5.75 Å². The number of benzene rings is 2. The van der Waals surface area contributed by atoms with Crippen molar-refractivity contribution in [2.75, 3.05) is 26.0 Å². The van der Waals surface area contributed by atoms with Gasteiger partial charge in [-0.05, 0) is 36.8 Å². The SMILES string of the molecule is COc1ccc(C)cc1S(=O)(=O)N(C)CC(=O)Nc1c(F)cccc1F. The van der Waals surface area contributed by atoms with Gasteiger partial charge in [0.2, 0.25) is 15.9 Å². The van der Waals surface area contributed by atoms with Crippen LogP contribution in [0.25, 0.3) is 0 Å². The Morgan fingerprint density at radius 1 is 1.19 bits per heavy atom. The fraction of sp³-hybridized carbons (Fsp3) is 0.235. The van der Waals surface area contributed by atoms with E-state index in [9.17, 15) is 22.0 Å². The second-order valence-electron chi connectivity index (χ2n) is 5.56. The Labute approximate surface area is 150 Å². The number of nitrogens with zero attached hydrogens (tertiary/aromatic N) is 1. The van der Waals surface area contributed by atoms with E-state index in [0.29, 0.717) is 5.56 Å². The molecule has 2 aromatic rings. The molecule has 1 amide bonds. The number of halogens is 2. The van der Waals surface area contributed by atoms with E-state index >= 15 is 0 Å². The minimum atomic E-state index is -4.05. The van der Waals surface area contributed by atoms with Crippen LogP contribution in [0.15, 0.2) is 41.3 Å². The van der Waals surface area contributed by atoms with Gasteiger partial charge in [0.05, 0.1) is 13.7 Å². The molecule has 26 heavy (non-hydrogen) atoms. The number of sulfonamides is 1. The second-order valence-corrected chi connectivity index (χ2v) is 7.57. The minimum Gasteiger partial charge on any atom is -0.495 e. The second kappa shape index (κ2) is 7.79. The zero-order valence-electron chi connectivity index (χ0n) is 14.4. The number of carbonyl (C=O) groups excluding carboxylic acids is 1. The highest BCUT2D eigenvalue weighted by molar-refractivity contribution is 7.89. The molecule has 0 fully saturated rings. The van der Waals surface area contributed by atoms with Crippen molar-refractivity contribution in [2.45, 2.75) is 11.8 Å². The molecule has 0 radical (unpaired) electrons.